The van der Waals surface area contributed by atoms with Crippen molar-refractivity contribution in [3.8, 4) is 0 Å². The topological polar surface area (TPSA) is 68.1 Å². The lowest BCUT2D eigenvalue weighted by molar-refractivity contribution is -0.128. The van der Waals surface area contributed by atoms with Gasteiger partial charge < -0.3 is 9.47 Å². The molecule has 0 atom stereocenters. The van der Waals surface area contributed by atoms with Gasteiger partial charge in [-0.25, -0.2) is 0 Å². The van der Waals surface area contributed by atoms with Crippen molar-refractivity contribution < 1.29 is 9.59 Å². The molecule has 0 aliphatic heterocycles. The van der Waals surface area contributed by atoms with Crippen molar-refractivity contribution in [2.24, 2.45) is 7.05 Å². The molecule has 3 rings (SSSR count). The second kappa shape index (κ2) is 9.16. The van der Waals surface area contributed by atoms with E-state index < -0.39 is 0 Å². The van der Waals surface area contributed by atoms with E-state index in [1.807, 2.05) is 47.3 Å². The lowest BCUT2D eigenvalue weighted by atomic mass is 10.1. The third-order valence-electron chi connectivity index (χ3n) is 4.40. The number of nitrogens with zero attached hydrogens (tertiary/aromatic N) is 4. The lowest BCUT2D eigenvalue weighted by Crippen LogP contribution is -2.22. The molecule has 2 heterocycles. The van der Waals surface area contributed by atoms with E-state index in [0.29, 0.717) is 17.9 Å². The number of aromatic nitrogens is 3. The maximum atomic E-state index is 12.5. The molecule has 0 bridgehead atoms. The highest BCUT2D eigenvalue weighted by molar-refractivity contribution is 7.99. The van der Waals surface area contributed by atoms with Crippen LogP contribution in [0.5, 0.6) is 0 Å². The van der Waals surface area contributed by atoms with Crippen LogP contribution in [0.1, 0.15) is 33.5 Å². The standard InChI is InChI=1S/C20H22N4O2S2/c1-14(25)23(2)12-15-6-8-16(9-7-15)18(26)13-28-20-22-21-19(24(20)3)11-17-5-4-10-27-17/h4-10H,11-13H2,1-3H3. The fourth-order valence-electron chi connectivity index (χ4n) is 2.59. The highest BCUT2D eigenvalue weighted by Gasteiger charge is 2.13. The average molecular weight is 415 g/mol. The lowest BCUT2D eigenvalue weighted by Gasteiger charge is -2.14. The molecule has 2 aromatic heterocycles. The Balaban J connectivity index is 1.57. The summed E-state index contributed by atoms with van der Waals surface area (Å²) < 4.78 is 1.94. The zero-order valence-corrected chi connectivity index (χ0v) is 17.7. The van der Waals surface area contributed by atoms with Gasteiger partial charge in [0, 0.05) is 44.4 Å². The summed E-state index contributed by atoms with van der Waals surface area (Å²) in [5, 5.41) is 11.2. The number of benzene rings is 1. The van der Waals surface area contributed by atoms with Crippen molar-refractivity contribution in [1.29, 1.82) is 0 Å². The Bertz CT molecular complexity index is 949. The number of carbonyl (C=O) groups excluding carboxylic acids is 2. The van der Waals surface area contributed by atoms with Crippen LogP contribution < -0.4 is 0 Å². The number of ketones is 1. The number of rotatable bonds is 8. The predicted octanol–water partition coefficient (Wildman–Crippen LogP) is 3.42. The van der Waals surface area contributed by atoms with Gasteiger partial charge in [-0.2, -0.15) is 0 Å². The minimum Gasteiger partial charge on any atom is -0.342 e. The van der Waals surface area contributed by atoms with Crippen LogP contribution in [-0.2, 0) is 24.8 Å². The molecule has 0 saturated carbocycles. The minimum absolute atomic E-state index is 0.0127. The molecule has 3 aromatic rings. The maximum Gasteiger partial charge on any atom is 0.219 e. The van der Waals surface area contributed by atoms with Gasteiger partial charge in [0.1, 0.15) is 5.82 Å². The molecule has 1 amide bonds. The molecule has 0 aliphatic carbocycles. The zero-order chi connectivity index (χ0) is 20.1. The summed E-state index contributed by atoms with van der Waals surface area (Å²) in [5.41, 5.74) is 1.65. The van der Waals surface area contributed by atoms with Crippen molar-refractivity contribution >= 4 is 34.8 Å². The van der Waals surface area contributed by atoms with Gasteiger partial charge in [0.25, 0.3) is 0 Å². The molecule has 8 heteroatoms. The number of Topliss-reactive ketones (excluding diaryl/α,β-unsaturated/α-hetero) is 1. The fraction of sp³-hybridized carbons (Fsp3) is 0.300. The maximum absolute atomic E-state index is 12.5. The van der Waals surface area contributed by atoms with Gasteiger partial charge in [0.15, 0.2) is 10.9 Å². The molecule has 0 radical (unpaired) electrons. The number of amides is 1. The molecule has 6 nitrogen and oxygen atoms in total. The highest BCUT2D eigenvalue weighted by Crippen LogP contribution is 2.20. The van der Waals surface area contributed by atoms with Crippen LogP contribution in [0.3, 0.4) is 0 Å². The van der Waals surface area contributed by atoms with E-state index in [0.717, 1.165) is 23.0 Å². The third-order valence-corrected chi connectivity index (χ3v) is 6.30. The van der Waals surface area contributed by atoms with Crippen molar-refractivity contribution in [3.63, 3.8) is 0 Å². The van der Waals surface area contributed by atoms with E-state index in [9.17, 15) is 9.59 Å². The fourth-order valence-corrected chi connectivity index (χ4v) is 4.11. The summed E-state index contributed by atoms with van der Waals surface area (Å²) in [6.07, 6.45) is 0.742. The molecule has 0 unspecified atom stereocenters. The first-order valence-electron chi connectivity index (χ1n) is 8.81. The molecule has 0 N–H and O–H groups in total. The smallest absolute Gasteiger partial charge is 0.219 e. The van der Waals surface area contributed by atoms with E-state index in [2.05, 4.69) is 16.3 Å². The molecule has 0 fully saturated rings. The number of hydrogen-bond acceptors (Lipinski definition) is 6. The van der Waals surface area contributed by atoms with Gasteiger partial charge in [-0.05, 0) is 17.0 Å². The molecular weight excluding hydrogens is 392 g/mol. The van der Waals surface area contributed by atoms with Crippen molar-refractivity contribution in [2.45, 2.75) is 25.0 Å². The molecule has 0 saturated heterocycles. The van der Waals surface area contributed by atoms with E-state index >= 15 is 0 Å². The van der Waals surface area contributed by atoms with Crippen LogP contribution in [0.15, 0.2) is 46.9 Å². The summed E-state index contributed by atoms with van der Waals surface area (Å²) in [6.45, 7) is 2.07. The normalized spacial score (nSPS) is 10.8. The van der Waals surface area contributed by atoms with Crippen LogP contribution in [0.25, 0.3) is 0 Å². The first-order valence-corrected chi connectivity index (χ1v) is 10.7. The van der Waals surface area contributed by atoms with Crippen LogP contribution in [0.4, 0.5) is 0 Å². The summed E-state index contributed by atoms with van der Waals surface area (Å²) in [5.74, 6) is 1.24. The summed E-state index contributed by atoms with van der Waals surface area (Å²) in [7, 11) is 3.68. The molecule has 146 valence electrons. The summed E-state index contributed by atoms with van der Waals surface area (Å²) >= 11 is 3.09. The minimum atomic E-state index is 0.0127. The van der Waals surface area contributed by atoms with Gasteiger partial charge >= 0.3 is 0 Å². The van der Waals surface area contributed by atoms with Crippen LogP contribution in [-0.4, -0.2) is 44.2 Å². The zero-order valence-electron chi connectivity index (χ0n) is 16.1. The van der Waals surface area contributed by atoms with Crippen LogP contribution in [0, 0.1) is 0 Å². The Labute approximate surface area is 172 Å². The van der Waals surface area contributed by atoms with Crippen molar-refractivity contribution in [3.05, 3.63) is 63.6 Å². The first-order chi connectivity index (χ1) is 13.4. The third kappa shape index (κ3) is 5.08. The van der Waals surface area contributed by atoms with Gasteiger partial charge in [0.05, 0.1) is 5.75 Å². The second-order valence-corrected chi connectivity index (χ2v) is 8.47. The number of carbonyl (C=O) groups is 2. The van der Waals surface area contributed by atoms with Crippen molar-refractivity contribution in [2.75, 3.05) is 12.8 Å². The Morgan fingerprint density at radius 1 is 1.18 bits per heavy atom. The van der Waals surface area contributed by atoms with Gasteiger partial charge in [-0.1, -0.05) is 42.1 Å². The Morgan fingerprint density at radius 2 is 1.93 bits per heavy atom. The number of thiophene rings is 1. The Kier molecular flexibility index (Phi) is 6.64. The molecule has 28 heavy (non-hydrogen) atoms. The van der Waals surface area contributed by atoms with Gasteiger partial charge in [0.2, 0.25) is 5.91 Å². The average Bonchev–Trinajstić information content (AvgIpc) is 3.31. The summed E-state index contributed by atoms with van der Waals surface area (Å²) in [6, 6.07) is 11.5. The Hall–Kier alpha value is -2.45. The van der Waals surface area contributed by atoms with Gasteiger partial charge in [-0.3, -0.25) is 9.59 Å². The number of thioether (sulfide) groups is 1. The first kappa shape index (κ1) is 20.3. The molecule has 1 aromatic carbocycles. The van der Waals surface area contributed by atoms with E-state index in [1.54, 1.807) is 23.3 Å². The van der Waals surface area contributed by atoms with Crippen LogP contribution >= 0.6 is 23.1 Å². The summed E-state index contributed by atoms with van der Waals surface area (Å²) in [4.78, 5) is 26.7. The molecule has 0 aliphatic rings. The predicted molar refractivity (Wildman–Crippen MR) is 112 cm³/mol. The molecule has 0 spiro atoms. The number of hydrogen-bond donors (Lipinski definition) is 0. The second-order valence-electron chi connectivity index (χ2n) is 6.50. The largest absolute Gasteiger partial charge is 0.342 e. The van der Waals surface area contributed by atoms with E-state index in [-0.39, 0.29) is 11.7 Å². The molecular formula is C20H22N4O2S2. The SMILES string of the molecule is CC(=O)N(C)Cc1ccc(C(=O)CSc2nnc(Cc3cccs3)n2C)cc1. The van der Waals surface area contributed by atoms with E-state index in [4.69, 9.17) is 0 Å². The quantitative estimate of drug-likeness (QED) is 0.417. The van der Waals surface area contributed by atoms with Crippen molar-refractivity contribution in [1.82, 2.24) is 19.7 Å². The highest BCUT2D eigenvalue weighted by atomic mass is 32.2. The van der Waals surface area contributed by atoms with E-state index in [1.165, 1.54) is 23.6 Å². The van der Waals surface area contributed by atoms with Gasteiger partial charge in [-0.15, -0.1) is 21.5 Å². The monoisotopic (exact) mass is 414 g/mol. The van der Waals surface area contributed by atoms with Crippen LogP contribution in [0.2, 0.25) is 0 Å². The Morgan fingerprint density at radius 3 is 2.57 bits per heavy atom.